The van der Waals surface area contributed by atoms with E-state index >= 15 is 0 Å². The van der Waals surface area contributed by atoms with Crippen LogP contribution in [-0.2, 0) is 22.6 Å². The number of hydrogen-bond donors (Lipinski definition) is 4. The number of rotatable bonds is 6. The molecule has 0 amide bonds. The Bertz CT molecular complexity index is 614. The lowest BCUT2D eigenvalue weighted by Crippen LogP contribution is -2.59. The summed E-state index contributed by atoms with van der Waals surface area (Å²) in [6.45, 7) is -0.547. The third kappa shape index (κ3) is 3.72. The lowest BCUT2D eigenvalue weighted by molar-refractivity contribution is -0.309. The van der Waals surface area contributed by atoms with E-state index in [1.54, 1.807) is 6.20 Å². The van der Waals surface area contributed by atoms with Crippen LogP contribution in [0.3, 0.4) is 0 Å². The standard InChI is InChI=1S/C15H21N3O6/c19-7-11-12(20)13(21)14(22)15(24-11)23-8-18-6-10(16-17-18)5-9-3-1-2-4-9/h1-3,6,11-15,19-22H,4-5,7-8H2/t11-,12-,13+,14+,15+/m1/s1. The Balaban J connectivity index is 1.54. The van der Waals surface area contributed by atoms with Gasteiger partial charge in [-0.05, 0) is 6.42 Å². The second-order valence-corrected chi connectivity index (χ2v) is 5.88. The predicted molar refractivity (Wildman–Crippen MR) is 80.4 cm³/mol. The van der Waals surface area contributed by atoms with Crippen molar-refractivity contribution in [2.45, 2.75) is 50.3 Å². The smallest absolute Gasteiger partial charge is 0.188 e. The van der Waals surface area contributed by atoms with E-state index in [1.807, 2.05) is 12.2 Å². The van der Waals surface area contributed by atoms with Gasteiger partial charge in [-0.3, -0.25) is 0 Å². The van der Waals surface area contributed by atoms with Gasteiger partial charge >= 0.3 is 0 Å². The van der Waals surface area contributed by atoms with E-state index in [9.17, 15) is 15.3 Å². The van der Waals surface area contributed by atoms with Crippen molar-refractivity contribution in [3.63, 3.8) is 0 Å². The molecule has 1 aromatic rings. The van der Waals surface area contributed by atoms with Crippen molar-refractivity contribution in [2.75, 3.05) is 6.61 Å². The Morgan fingerprint density at radius 2 is 2.08 bits per heavy atom. The summed E-state index contributed by atoms with van der Waals surface area (Å²) in [6.07, 6.45) is 2.97. The number of nitrogens with zero attached hydrogens (tertiary/aromatic N) is 3. The van der Waals surface area contributed by atoms with Crippen LogP contribution in [0.1, 0.15) is 12.1 Å². The molecule has 0 aromatic carbocycles. The number of aliphatic hydroxyl groups is 4. The number of ether oxygens (including phenoxy) is 2. The zero-order chi connectivity index (χ0) is 17.1. The Hall–Kier alpha value is -1.62. The van der Waals surface area contributed by atoms with Gasteiger partial charge in [0.25, 0.3) is 0 Å². The molecule has 9 nitrogen and oxygen atoms in total. The first-order valence-electron chi connectivity index (χ1n) is 7.74. The molecule has 1 fully saturated rings. The maximum atomic E-state index is 9.89. The first kappa shape index (κ1) is 17.2. The van der Waals surface area contributed by atoms with Crippen molar-refractivity contribution in [3.8, 4) is 0 Å². The number of aliphatic hydroxyl groups excluding tert-OH is 4. The highest BCUT2D eigenvalue weighted by Crippen LogP contribution is 2.22. The highest BCUT2D eigenvalue weighted by Gasteiger charge is 2.44. The van der Waals surface area contributed by atoms with Crippen molar-refractivity contribution in [3.05, 3.63) is 35.7 Å². The monoisotopic (exact) mass is 339 g/mol. The predicted octanol–water partition coefficient (Wildman–Crippen LogP) is -1.52. The highest BCUT2D eigenvalue weighted by atomic mass is 16.7. The van der Waals surface area contributed by atoms with Crippen LogP contribution < -0.4 is 0 Å². The fourth-order valence-corrected chi connectivity index (χ4v) is 2.69. The molecule has 1 aliphatic heterocycles. The summed E-state index contributed by atoms with van der Waals surface area (Å²) in [7, 11) is 0. The van der Waals surface area contributed by atoms with Crippen LogP contribution in [-0.4, -0.2) is 72.7 Å². The fourth-order valence-electron chi connectivity index (χ4n) is 2.69. The minimum atomic E-state index is -1.46. The number of aromatic nitrogens is 3. The van der Waals surface area contributed by atoms with E-state index in [-0.39, 0.29) is 6.73 Å². The van der Waals surface area contributed by atoms with Crippen LogP contribution >= 0.6 is 0 Å². The number of allylic oxidation sites excluding steroid dienone is 4. The fraction of sp³-hybridized carbons (Fsp3) is 0.600. The van der Waals surface area contributed by atoms with Gasteiger partial charge in [0.2, 0.25) is 0 Å². The molecule has 5 atom stereocenters. The zero-order valence-corrected chi connectivity index (χ0v) is 13.0. The second-order valence-electron chi connectivity index (χ2n) is 5.88. The minimum Gasteiger partial charge on any atom is -0.394 e. The maximum absolute atomic E-state index is 9.89. The quantitative estimate of drug-likeness (QED) is 0.492. The molecule has 0 saturated carbocycles. The third-order valence-electron chi connectivity index (χ3n) is 4.06. The molecular weight excluding hydrogens is 318 g/mol. The Morgan fingerprint density at radius 3 is 2.79 bits per heavy atom. The summed E-state index contributed by atoms with van der Waals surface area (Å²) in [5.41, 5.74) is 2.04. The molecule has 0 bridgehead atoms. The Kier molecular flexibility index (Phi) is 5.39. The second kappa shape index (κ2) is 7.51. The molecule has 0 unspecified atom stereocenters. The molecule has 2 heterocycles. The van der Waals surface area contributed by atoms with E-state index in [4.69, 9.17) is 14.6 Å². The van der Waals surface area contributed by atoms with Crippen molar-refractivity contribution in [2.24, 2.45) is 0 Å². The van der Waals surface area contributed by atoms with E-state index in [0.717, 1.165) is 12.1 Å². The summed E-state index contributed by atoms with van der Waals surface area (Å²) in [5, 5.41) is 46.4. The van der Waals surface area contributed by atoms with Crippen molar-refractivity contribution < 1.29 is 29.9 Å². The lowest BCUT2D eigenvalue weighted by Gasteiger charge is -2.39. The van der Waals surface area contributed by atoms with Crippen LogP contribution in [0.2, 0.25) is 0 Å². The molecule has 24 heavy (non-hydrogen) atoms. The molecule has 1 aliphatic carbocycles. The van der Waals surface area contributed by atoms with Crippen LogP contribution in [0.25, 0.3) is 0 Å². The molecule has 2 aliphatic rings. The van der Waals surface area contributed by atoms with Crippen molar-refractivity contribution in [1.82, 2.24) is 15.0 Å². The molecule has 0 spiro atoms. The molecule has 132 valence electrons. The van der Waals surface area contributed by atoms with E-state index in [2.05, 4.69) is 16.4 Å². The van der Waals surface area contributed by atoms with E-state index in [1.165, 1.54) is 10.3 Å². The van der Waals surface area contributed by atoms with Gasteiger partial charge in [-0.1, -0.05) is 29.0 Å². The molecule has 9 heteroatoms. The normalized spacial score (nSPS) is 33.0. The van der Waals surface area contributed by atoms with Crippen LogP contribution in [0.15, 0.2) is 30.0 Å². The van der Waals surface area contributed by atoms with Gasteiger partial charge in [0, 0.05) is 6.42 Å². The van der Waals surface area contributed by atoms with Gasteiger partial charge in [0.05, 0.1) is 18.5 Å². The largest absolute Gasteiger partial charge is 0.394 e. The van der Waals surface area contributed by atoms with Crippen LogP contribution in [0.5, 0.6) is 0 Å². The lowest BCUT2D eigenvalue weighted by atomic mass is 9.99. The summed E-state index contributed by atoms with van der Waals surface area (Å²) in [6, 6.07) is 0. The van der Waals surface area contributed by atoms with Crippen LogP contribution in [0.4, 0.5) is 0 Å². The van der Waals surface area contributed by atoms with E-state index in [0.29, 0.717) is 6.42 Å². The summed E-state index contributed by atoms with van der Waals surface area (Å²) < 4.78 is 12.1. The molecule has 0 radical (unpaired) electrons. The SMILES string of the molecule is OC[C@H]1O[C@H](OCn2cc(CC3=CC=CC3)nn2)[C@@H](O)[C@@H](O)[C@@H]1O. The summed E-state index contributed by atoms with van der Waals surface area (Å²) in [5.74, 6) is 0. The van der Waals surface area contributed by atoms with E-state index < -0.39 is 37.3 Å². The first-order valence-corrected chi connectivity index (χ1v) is 7.74. The molecule has 1 aromatic heterocycles. The first-order chi connectivity index (χ1) is 11.6. The average Bonchev–Trinajstić information content (AvgIpc) is 3.24. The van der Waals surface area contributed by atoms with Crippen LogP contribution in [0, 0.1) is 0 Å². The van der Waals surface area contributed by atoms with Crippen molar-refractivity contribution >= 4 is 0 Å². The number of hydrogen-bond acceptors (Lipinski definition) is 8. The Morgan fingerprint density at radius 1 is 1.25 bits per heavy atom. The Labute approximate surface area is 138 Å². The van der Waals surface area contributed by atoms with Gasteiger partial charge in [0.15, 0.2) is 6.29 Å². The molecule has 1 saturated heterocycles. The topological polar surface area (TPSA) is 130 Å². The van der Waals surface area contributed by atoms with Gasteiger partial charge in [-0.25, -0.2) is 4.68 Å². The van der Waals surface area contributed by atoms with Gasteiger partial charge in [0.1, 0.15) is 31.1 Å². The van der Waals surface area contributed by atoms with Crippen molar-refractivity contribution in [1.29, 1.82) is 0 Å². The maximum Gasteiger partial charge on any atom is 0.188 e. The average molecular weight is 339 g/mol. The molecule has 4 N–H and O–H groups in total. The van der Waals surface area contributed by atoms with Gasteiger partial charge in [-0.15, -0.1) is 5.10 Å². The summed E-state index contributed by atoms with van der Waals surface area (Å²) in [4.78, 5) is 0. The third-order valence-corrected chi connectivity index (χ3v) is 4.06. The van der Waals surface area contributed by atoms with Gasteiger partial charge < -0.3 is 29.9 Å². The zero-order valence-electron chi connectivity index (χ0n) is 13.0. The molecular formula is C15H21N3O6. The van der Waals surface area contributed by atoms with Gasteiger partial charge in [-0.2, -0.15) is 0 Å². The molecule has 3 rings (SSSR count). The minimum absolute atomic E-state index is 0.0486. The summed E-state index contributed by atoms with van der Waals surface area (Å²) >= 11 is 0. The highest BCUT2D eigenvalue weighted by molar-refractivity contribution is 5.26.